The van der Waals surface area contributed by atoms with Gasteiger partial charge in [0.1, 0.15) is 5.01 Å². The van der Waals surface area contributed by atoms with Crippen molar-refractivity contribution in [3.63, 3.8) is 0 Å². The molecule has 1 aliphatic heterocycles. The Hall–Kier alpha value is -2.42. The molecule has 4 rings (SSSR count). The zero-order valence-corrected chi connectivity index (χ0v) is 19.8. The molecule has 1 saturated heterocycles. The SMILES string of the molecule is O=C(Nc1nnc(CSCc2ccccc2)s1)C1CCN(C(=O)c2ccc(Cl)cc2)CC1. The van der Waals surface area contributed by atoms with Crippen LogP contribution in [0.2, 0.25) is 5.02 Å². The Morgan fingerprint density at radius 2 is 1.75 bits per heavy atom. The van der Waals surface area contributed by atoms with Crippen molar-refractivity contribution in [3.8, 4) is 0 Å². The van der Waals surface area contributed by atoms with Crippen molar-refractivity contribution in [2.45, 2.75) is 24.3 Å². The molecular weight excluding hydrogens is 464 g/mol. The van der Waals surface area contributed by atoms with Gasteiger partial charge >= 0.3 is 0 Å². The average Bonchev–Trinajstić information content (AvgIpc) is 3.27. The van der Waals surface area contributed by atoms with E-state index in [9.17, 15) is 9.59 Å². The molecule has 32 heavy (non-hydrogen) atoms. The number of rotatable bonds is 7. The summed E-state index contributed by atoms with van der Waals surface area (Å²) in [5.41, 5.74) is 1.89. The number of thioether (sulfide) groups is 1. The number of hydrogen-bond donors (Lipinski definition) is 1. The number of likely N-dealkylation sites (tertiary alicyclic amines) is 1. The number of halogens is 1. The first-order valence-electron chi connectivity index (χ1n) is 10.4. The lowest BCUT2D eigenvalue weighted by molar-refractivity contribution is -0.121. The van der Waals surface area contributed by atoms with Crippen LogP contribution in [0.3, 0.4) is 0 Å². The van der Waals surface area contributed by atoms with Gasteiger partial charge in [-0.1, -0.05) is 53.3 Å². The lowest BCUT2D eigenvalue weighted by atomic mass is 9.95. The third-order valence-electron chi connectivity index (χ3n) is 5.28. The van der Waals surface area contributed by atoms with Gasteiger partial charge in [-0.15, -0.1) is 22.0 Å². The van der Waals surface area contributed by atoms with Gasteiger partial charge in [-0.3, -0.25) is 9.59 Å². The lowest BCUT2D eigenvalue weighted by Crippen LogP contribution is -2.41. The van der Waals surface area contributed by atoms with Gasteiger partial charge in [0.2, 0.25) is 11.0 Å². The van der Waals surface area contributed by atoms with Crippen LogP contribution < -0.4 is 5.32 Å². The molecule has 3 aromatic rings. The zero-order chi connectivity index (χ0) is 22.3. The van der Waals surface area contributed by atoms with E-state index in [0.717, 1.165) is 16.5 Å². The van der Waals surface area contributed by atoms with Gasteiger partial charge in [0.05, 0.1) is 0 Å². The summed E-state index contributed by atoms with van der Waals surface area (Å²) in [6.45, 7) is 1.11. The number of nitrogens with one attached hydrogen (secondary N) is 1. The van der Waals surface area contributed by atoms with Crippen molar-refractivity contribution in [1.29, 1.82) is 0 Å². The maximum atomic E-state index is 12.7. The first-order chi connectivity index (χ1) is 15.6. The highest BCUT2D eigenvalue weighted by Crippen LogP contribution is 2.25. The van der Waals surface area contributed by atoms with Crippen LogP contribution in [0.4, 0.5) is 5.13 Å². The molecular formula is C23H23ClN4O2S2. The van der Waals surface area contributed by atoms with Crippen molar-refractivity contribution < 1.29 is 9.59 Å². The molecule has 0 bridgehead atoms. The van der Waals surface area contributed by atoms with Crippen molar-refractivity contribution in [2.75, 3.05) is 18.4 Å². The normalized spacial score (nSPS) is 14.3. The predicted octanol–water partition coefficient (Wildman–Crippen LogP) is 5.12. The molecule has 0 spiro atoms. The van der Waals surface area contributed by atoms with Gasteiger partial charge in [-0.25, -0.2) is 0 Å². The van der Waals surface area contributed by atoms with Crippen molar-refractivity contribution in [3.05, 3.63) is 75.8 Å². The molecule has 2 heterocycles. The Morgan fingerprint density at radius 1 is 1.03 bits per heavy atom. The maximum absolute atomic E-state index is 12.7. The number of anilines is 1. The number of nitrogens with zero attached hydrogens (tertiary/aromatic N) is 3. The summed E-state index contributed by atoms with van der Waals surface area (Å²) in [5, 5.41) is 13.2. The smallest absolute Gasteiger partial charge is 0.253 e. The molecule has 0 atom stereocenters. The third kappa shape index (κ3) is 6.09. The Morgan fingerprint density at radius 3 is 2.47 bits per heavy atom. The largest absolute Gasteiger partial charge is 0.339 e. The van der Waals surface area contributed by atoms with E-state index in [1.54, 1.807) is 40.9 Å². The minimum Gasteiger partial charge on any atom is -0.339 e. The Labute approximate surface area is 200 Å². The minimum absolute atomic E-state index is 0.0257. The number of carbonyl (C=O) groups is 2. The number of piperidine rings is 1. The molecule has 0 saturated carbocycles. The van der Waals surface area contributed by atoms with E-state index in [4.69, 9.17) is 11.6 Å². The van der Waals surface area contributed by atoms with E-state index < -0.39 is 0 Å². The Bertz CT molecular complexity index is 1050. The monoisotopic (exact) mass is 486 g/mol. The second kappa shape index (κ2) is 10.9. The molecule has 0 radical (unpaired) electrons. The highest BCUT2D eigenvalue weighted by molar-refractivity contribution is 7.97. The second-order valence-corrected chi connectivity index (χ2v) is 10.0. The first kappa shape index (κ1) is 22.8. The highest BCUT2D eigenvalue weighted by atomic mass is 35.5. The minimum atomic E-state index is -0.135. The summed E-state index contributed by atoms with van der Waals surface area (Å²) in [4.78, 5) is 27.1. The lowest BCUT2D eigenvalue weighted by Gasteiger charge is -2.31. The van der Waals surface area contributed by atoms with Crippen LogP contribution in [0.1, 0.15) is 33.8 Å². The molecule has 6 nitrogen and oxygen atoms in total. The molecule has 1 aliphatic rings. The molecule has 2 amide bonds. The Balaban J connectivity index is 1.22. The van der Waals surface area contributed by atoms with Crippen LogP contribution in [-0.2, 0) is 16.3 Å². The van der Waals surface area contributed by atoms with E-state index in [0.29, 0.717) is 41.6 Å². The standard InChI is InChI=1S/C23H23ClN4O2S2/c24-19-8-6-18(7-9-19)22(30)28-12-10-17(11-13-28)21(29)25-23-27-26-20(32-23)15-31-14-16-4-2-1-3-5-16/h1-9,17H,10-15H2,(H,25,27,29). The molecule has 2 aromatic carbocycles. The number of benzene rings is 2. The molecule has 9 heteroatoms. The number of hydrogen-bond acceptors (Lipinski definition) is 6. The van der Waals surface area contributed by atoms with E-state index in [1.165, 1.54) is 16.9 Å². The fourth-order valence-corrected chi connectivity index (χ4v) is 5.43. The molecule has 1 fully saturated rings. The number of amides is 2. The predicted molar refractivity (Wildman–Crippen MR) is 130 cm³/mol. The summed E-state index contributed by atoms with van der Waals surface area (Å²) < 4.78 is 0. The van der Waals surface area contributed by atoms with Crippen LogP contribution in [0.5, 0.6) is 0 Å². The third-order valence-corrected chi connectivity index (χ3v) is 7.57. The van der Waals surface area contributed by atoms with Gasteiger partial charge < -0.3 is 10.2 Å². The maximum Gasteiger partial charge on any atom is 0.253 e. The van der Waals surface area contributed by atoms with Crippen LogP contribution in [-0.4, -0.2) is 40.0 Å². The molecule has 1 aromatic heterocycles. The molecule has 0 aliphatic carbocycles. The number of carbonyl (C=O) groups excluding carboxylic acids is 2. The second-order valence-electron chi connectivity index (χ2n) is 7.54. The van der Waals surface area contributed by atoms with E-state index in [-0.39, 0.29) is 17.7 Å². The van der Waals surface area contributed by atoms with E-state index in [1.807, 2.05) is 18.2 Å². The molecule has 1 N–H and O–H groups in total. The molecule has 166 valence electrons. The van der Waals surface area contributed by atoms with Gasteiger partial charge in [-0.2, -0.15) is 0 Å². The summed E-state index contributed by atoms with van der Waals surface area (Å²) in [5.74, 6) is 1.46. The quantitative estimate of drug-likeness (QED) is 0.502. The van der Waals surface area contributed by atoms with E-state index in [2.05, 4.69) is 27.6 Å². The first-order valence-corrected chi connectivity index (χ1v) is 12.7. The van der Waals surface area contributed by atoms with Crippen LogP contribution in [0.25, 0.3) is 0 Å². The average molecular weight is 487 g/mol. The van der Waals surface area contributed by atoms with E-state index >= 15 is 0 Å². The van der Waals surface area contributed by atoms with Crippen molar-refractivity contribution in [1.82, 2.24) is 15.1 Å². The summed E-state index contributed by atoms with van der Waals surface area (Å²) >= 11 is 9.08. The molecule has 0 unspecified atom stereocenters. The zero-order valence-electron chi connectivity index (χ0n) is 17.4. The summed E-state index contributed by atoms with van der Waals surface area (Å²) in [6, 6.07) is 17.2. The van der Waals surface area contributed by atoms with Crippen LogP contribution in [0.15, 0.2) is 54.6 Å². The summed E-state index contributed by atoms with van der Waals surface area (Å²) in [7, 11) is 0. The van der Waals surface area contributed by atoms with Crippen LogP contribution in [0, 0.1) is 5.92 Å². The van der Waals surface area contributed by atoms with Gasteiger partial charge in [-0.05, 0) is 42.7 Å². The fourth-order valence-electron chi connectivity index (χ4n) is 3.52. The fraction of sp³-hybridized carbons (Fsp3) is 0.304. The van der Waals surface area contributed by atoms with Crippen LogP contribution >= 0.6 is 34.7 Å². The topological polar surface area (TPSA) is 75.2 Å². The van der Waals surface area contributed by atoms with Crippen molar-refractivity contribution in [2.24, 2.45) is 5.92 Å². The summed E-state index contributed by atoms with van der Waals surface area (Å²) in [6.07, 6.45) is 1.26. The van der Waals surface area contributed by atoms with Gasteiger partial charge in [0, 0.05) is 41.1 Å². The van der Waals surface area contributed by atoms with Gasteiger partial charge in [0.15, 0.2) is 0 Å². The van der Waals surface area contributed by atoms with Gasteiger partial charge in [0.25, 0.3) is 5.91 Å². The number of aromatic nitrogens is 2. The Kier molecular flexibility index (Phi) is 7.78. The van der Waals surface area contributed by atoms with Crippen molar-refractivity contribution >= 4 is 51.6 Å². The highest BCUT2D eigenvalue weighted by Gasteiger charge is 2.28.